The van der Waals surface area contributed by atoms with Crippen molar-refractivity contribution >= 4 is 5.97 Å². The number of rotatable bonds is 4. The highest BCUT2D eigenvalue weighted by molar-refractivity contribution is 5.86. The predicted octanol–water partition coefficient (Wildman–Crippen LogP) is 3.31. The zero-order chi connectivity index (χ0) is 13.9. The average Bonchev–Trinajstić information content (AvgIpc) is 2.23. The van der Waals surface area contributed by atoms with Crippen molar-refractivity contribution in [3.63, 3.8) is 0 Å². The monoisotopic (exact) mass is 248 g/mol. The van der Waals surface area contributed by atoms with Crippen LogP contribution in [0.4, 0.5) is 0 Å². The standard InChI is InChI=1S/C15H20O3/c1-10-6-7-12(15(3,4)5)13(8-10)18-9-11(2)14(16)17/h6-8H,2,9H2,1,3-5H3,(H,16,17). The maximum Gasteiger partial charge on any atom is 0.334 e. The van der Waals surface area contributed by atoms with Crippen molar-refractivity contribution < 1.29 is 14.6 Å². The van der Waals surface area contributed by atoms with Crippen LogP contribution in [-0.2, 0) is 10.2 Å². The molecule has 0 fully saturated rings. The second-order valence-corrected chi connectivity index (χ2v) is 5.45. The van der Waals surface area contributed by atoms with Crippen LogP contribution < -0.4 is 4.74 Å². The Morgan fingerprint density at radius 1 is 1.39 bits per heavy atom. The molecule has 0 saturated carbocycles. The third-order valence-corrected chi connectivity index (χ3v) is 2.65. The van der Waals surface area contributed by atoms with Gasteiger partial charge in [-0.3, -0.25) is 0 Å². The van der Waals surface area contributed by atoms with Gasteiger partial charge in [-0.25, -0.2) is 4.79 Å². The Balaban J connectivity index is 2.97. The highest BCUT2D eigenvalue weighted by Gasteiger charge is 2.19. The summed E-state index contributed by atoms with van der Waals surface area (Å²) in [6.45, 7) is 11.7. The van der Waals surface area contributed by atoms with Crippen molar-refractivity contribution in [3.8, 4) is 5.75 Å². The van der Waals surface area contributed by atoms with E-state index in [1.807, 2.05) is 25.1 Å². The van der Waals surface area contributed by atoms with Gasteiger partial charge in [-0.15, -0.1) is 0 Å². The van der Waals surface area contributed by atoms with Gasteiger partial charge in [0.05, 0.1) is 5.57 Å². The minimum absolute atomic E-state index is 0.00185. The molecule has 1 rings (SSSR count). The lowest BCUT2D eigenvalue weighted by molar-refractivity contribution is -0.133. The van der Waals surface area contributed by atoms with Crippen LogP contribution in [0.5, 0.6) is 5.75 Å². The quantitative estimate of drug-likeness (QED) is 0.831. The van der Waals surface area contributed by atoms with Gasteiger partial charge in [0, 0.05) is 0 Å². The molecule has 0 aliphatic carbocycles. The van der Waals surface area contributed by atoms with Gasteiger partial charge < -0.3 is 9.84 Å². The minimum atomic E-state index is -1.03. The first kappa shape index (κ1) is 14.3. The van der Waals surface area contributed by atoms with Gasteiger partial charge in [0.25, 0.3) is 0 Å². The molecular formula is C15H20O3. The minimum Gasteiger partial charge on any atom is -0.488 e. The highest BCUT2D eigenvalue weighted by atomic mass is 16.5. The Hall–Kier alpha value is -1.77. The van der Waals surface area contributed by atoms with Crippen molar-refractivity contribution in [2.45, 2.75) is 33.1 Å². The molecule has 0 atom stereocenters. The van der Waals surface area contributed by atoms with Gasteiger partial charge in [0.15, 0.2) is 0 Å². The number of aryl methyl sites for hydroxylation is 1. The lowest BCUT2D eigenvalue weighted by Crippen LogP contribution is -2.15. The van der Waals surface area contributed by atoms with Crippen LogP contribution in [0.15, 0.2) is 30.4 Å². The van der Waals surface area contributed by atoms with E-state index in [2.05, 4.69) is 27.4 Å². The van der Waals surface area contributed by atoms with Crippen molar-refractivity contribution in [3.05, 3.63) is 41.5 Å². The van der Waals surface area contributed by atoms with Crippen LogP contribution in [0, 0.1) is 6.92 Å². The van der Waals surface area contributed by atoms with E-state index in [1.165, 1.54) is 0 Å². The molecule has 3 heteroatoms. The number of carboxylic acid groups (broad SMARTS) is 1. The summed E-state index contributed by atoms with van der Waals surface area (Å²) in [5, 5.41) is 8.76. The largest absolute Gasteiger partial charge is 0.488 e. The molecule has 1 aromatic rings. The maximum absolute atomic E-state index is 10.7. The molecule has 0 amide bonds. The van der Waals surface area contributed by atoms with Gasteiger partial charge in [0.1, 0.15) is 12.4 Å². The Bertz CT molecular complexity index is 467. The lowest BCUT2D eigenvalue weighted by Gasteiger charge is -2.23. The van der Waals surface area contributed by atoms with Crippen LogP contribution >= 0.6 is 0 Å². The lowest BCUT2D eigenvalue weighted by atomic mass is 9.86. The average molecular weight is 248 g/mol. The van der Waals surface area contributed by atoms with Crippen molar-refractivity contribution in [1.82, 2.24) is 0 Å². The molecule has 0 spiro atoms. The smallest absolute Gasteiger partial charge is 0.334 e. The molecule has 0 aliphatic heterocycles. The molecule has 18 heavy (non-hydrogen) atoms. The Morgan fingerprint density at radius 2 is 2.00 bits per heavy atom. The number of ether oxygens (including phenoxy) is 1. The normalized spacial score (nSPS) is 11.1. The number of aliphatic carboxylic acids is 1. The molecule has 0 bridgehead atoms. The predicted molar refractivity (Wildman–Crippen MR) is 72.1 cm³/mol. The fourth-order valence-corrected chi connectivity index (χ4v) is 1.60. The summed E-state index contributed by atoms with van der Waals surface area (Å²) in [7, 11) is 0. The van der Waals surface area contributed by atoms with E-state index in [-0.39, 0.29) is 17.6 Å². The van der Waals surface area contributed by atoms with Crippen LogP contribution in [0.1, 0.15) is 31.9 Å². The van der Waals surface area contributed by atoms with Crippen molar-refractivity contribution in [2.24, 2.45) is 0 Å². The Labute approximate surface area is 108 Å². The van der Waals surface area contributed by atoms with Crippen LogP contribution in [0.2, 0.25) is 0 Å². The molecule has 0 unspecified atom stereocenters. The number of hydrogen-bond donors (Lipinski definition) is 1. The van der Waals surface area contributed by atoms with E-state index in [1.54, 1.807) is 0 Å². The summed E-state index contributed by atoms with van der Waals surface area (Å²) >= 11 is 0. The molecule has 98 valence electrons. The number of carbonyl (C=O) groups is 1. The topological polar surface area (TPSA) is 46.5 Å². The highest BCUT2D eigenvalue weighted by Crippen LogP contribution is 2.32. The molecule has 1 N–H and O–H groups in total. The third kappa shape index (κ3) is 3.62. The molecule has 0 radical (unpaired) electrons. The molecular weight excluding hydrogens is 228 g/mol. The maximum atomic E-state index is 10.7. The summed E-state index contributed by atoms with van der Waals surface area (Å²) in [5.41, 5.74) is 2.15. The summed E-state index contributed by atoms with van der Waals surface area (Å²) in [6, 6.07) is 5.98. The fraction of sp³-hybridized carbons (Fsp3) is 0.400. The van der Waals surface area contributed by atoms with Crippen LogP contribution in [0.3, 0.4) is 0 Å². The zero-order valence-electron chi connectivity index (χ0n) is 11.4. The first-order valence-electron chi connectivity index (χ1n) is 5.87. The number of benzene rings is 1. The summed E-state index contributed by atoms with van der Waals surface area (Å²) in [5.74, 6) is -0.301. The molecule has 0 saturated heterocycles. The van der Waals surface area contributed by atoms with E-state index in [4.69, 9.17) is 9.84 Å². The fourth-order valence-electron chi connectivity index (χ4n) is 1.60. The summed E-state index contributed by atoms with van der Waals surface area (Å²) < 4.78 is 5.59. The molecule has 0 aromatic heterocycles. The van der Waals surface area contributed by atoms with Crippen LogP contribution in [-0.4, -0.2) is 17.7 Å². The van der Waals surface area contributed by atoms with Gasteiger partial charge in [-0.05, 0) is 29.5 Å². The molecule has 1 aromatic carbocycles. The van der Waals surface area contributed by atoms with Crippen molar-refractivity contribution in [1.29, 1.82) is 0 Å². The molecule has 0 aliphatic rings. The first-order chi connectivity index (χ1) is 8.21. The second kappa shape index (κ2) is 5.25. The summed E-state index contributed by atoms with van der Waals surface area (Å²) in [6.07, 6.45) is 0. The zero-order valence-corrected chi connectivity index (χ0v) is 11.4. The summed E-state index contributed by atoms with van der Waals surface area (Å²) in [4.78, 5) is 10.7. The van der Waals surface area contributed by atoms with Crippen LogP contribution in [0.25, 0.3) is 0 Å². The van der Waals surface area contributed by atoms with Gasteiger partial charge >= 0.3 is 5.97 Å². The second-order valence-electron chi connectivity index (χ2n) is 5.45. The first-order valence-corrected chi connectivity index (χ1v) is 5.87. The Morgan fingerprint density at radius 3 is 2.50 bits per heavy atom. The number of hydrogen-bond acceptors (Lipinski definition) is 2. The van der Waals surface area contributed by atoms with Gasteiger partial charge in [0.2, 0.25) is 0 Å². The molecule has 3 nitrogen and oxygen atoms in total. The SMILES string of the molecule is C=C(COc1cc(C)ccc1C(C)(C)C)C(=O)O. The third-order valence-electron chi connectivity index (χ3n) is 2.65. The van der Waals surface area contributed by atoms with E-state index < -0.39 is 5.97 Å². The molecule has 0 heterocycles. The van der Waals surface area contributed by atoms with E-state index >= 15 is 0 Å². The Kier molecular flexibility index (Phi) is 4.17. The van der Waals surface area contributed by atoms with E-state index in [0.717, 1.165) is 16.9 Å². The van der Waals surface area contributed by atoms with Gasteiger partial charge in [-0.1, -0.05) is 39.5 Å². The van der Waals surface area contributed by atoms with Crippen molar-refractivity contribution in [2.75, 3.05) is 6.61 Å². The van der Waals surface area contributed by atoms with E-state index in [0.29, 0.717) is 0 Å². The van der Waals surface area contributed by atoms with E-state index in [9.17, 15) is 4.79 Å². The number of carboxylic acids is 1. The van der Waals surface area contributed by atoms with Gasteiger partial charge in [-0.2, -0.15) is 0 Å².